The summed E-state index contributed by atoms with van der Waals surface area (Å²) in [6.07, 6.45) is 4.82. The largest absolute Gasteiger partial charge is 0.370 e. The second kappa shape index (κ2) is 6.35. The van der Waals surface area contributed by atoms with Crippen LogP contribution in [-0.2, 0) is 12.8 Å². The van der Waals surface area contributed by atoms with E-state index in [-0.39, 0.29) is 0 Å². The minimum atomic E-state index is 0.920. The number of anilines is 1. The van der Waals surface area contributed by atoms with Crippen LogP contribution in [0.4, 0.5) is 5.82 Å². The monoisotopic (exact) mass is 247 g/mol. The van der Waals surface area contributed by atoms with E-state index in [1.807, 2.05) is 6.07 Å². The van der Waals surface area contributed by atoms with Crippen molar-refractivity contribution in [3.05, 3.63) is 40.5 Å². The van der Waals surface area contributed by atoms with E-state index in [0.717, 1.165) is 37.3 Å². The maximum Gasteiger partial charge on any atom is 0.129 e. The Labute approximate surface area is 106 Å². The van der Waals surface area contributed by atoms with Gasteiger partial charge in [0, 0.05) is 23.2 Å². The van der Waals surface area contributed by atoms with E-state index in [1.54, 1.807) is 17.7 Å². The van der Waals surface area contributed by atoms with Crippen LogP contribution in [0.2, 0.25) is 0 Å². The molecule has 2 aromatic rings. The SMILES string of the molecule is CCCc1cc(NCCc2cccs2)ncn1. The first kappa shape index (κ1) is 12.0. The molecule has 0 aliphatic heterocycles. The van der Waals surface area contributed by atoms with Crippen LogP contribution in [0.25, 0.3) is 0 Å². The molecule has 1 N–H and O–H groups in total. The molecule has 0 amide bonds. The zero-order valence-corrected chi connectivity index (χ0v) is 10.8. The molecule has 2 heterocycles. The third-order valence-electron chi connectivity index (χ3n) is 2.49. The molecular formula is C13H17N3S. The molecule has 0 radical (unpaired) electrons. The third-order valence-corrected chi connectivity index (χ3v) is 3.42. The van der Waals surface area contributed by atoms with Gasteiger partial charge in [0.05, 0.1) is 0 Å². The molecule has 0 aliphatic carbocycles. The maximum atomic E-state index is 4.24. The van der Waals surface area contributed by atoms with Crippen molar-refractivity contribution in [2.24, 2.45) is 0 Å². The maximum absolute atomic E-state index is 4.24. The van der Waals surface area contributed by atoms with Crippen molar-refractivity contribution in [1.82, 2.24) is 9.97 Å². The Balaban J connectivity index is 1.84. The van der Waals surface area contributed by atoms with E-state index in [2.05, 4.69) is 39.7 Å². The van der Waals surface area contributed by atoms with Gasteiger partial charge in [-0.05, 0) is 24.3 Å². The number of hydrogen-bond donors (Lipinski definition) is 1. The molecule has 3 nitrogen and oxygen atoms in total. The van der Waals surface area contributed by atoms with Gasteiger partial charge in [-0.15, -0.1) is 11.3 Å². The second-order valence-corrected chi connectivity index (χ2v) is 4.93. The molecule has 4 heteroatoms. The molecule has 0 atom stereocenters. The van der Waals surface area contributed by atoms with Crippen LogP contribution in [0, 0.1) is 0 Å². The molecule has 2 rings (SSSR count). The molecular weight excluding hydrogens is 230 g/mol. The zero-order valence-electron chi connectivity index (χ0n) is 10.0. The van der Waals surface area contributed by atoms with Gasteiger partial charge in [0.2, 0.25) is 0 Å². The van der Waals surface area contributed by atoms with Crippen molar-refractivity contribution < 1.29 is 0 Å². The highest BCUT2D eigenvalue weighted by Gasteiger charge is 1.98. The first-order valence-electron chi connectivity index (χ1n) is 5.95. The Morgan fingerprint density at radius 3 is 3.00 bits per heavy atom. The van der Waals surface area contributed by atoms with E-state index in [4.69, 9.17) is 0 Å². The van der Waals surface area contributed by atoms with Crippen molar-refractivity contribution in [1.29, 1.82) is 0 Å². The van der Waals surface area contributed by atoms with Crippen LogP contribution in [0.1, 0.15) is 23.9 Å². The summed E-state index contributed by atoms with van der Waals surface area (Å²) in [7, 11) is 0. The quantitative estimate of drug-likeness (QED) is 0.852. The zero-order chi connectivity index (χ0) is 11.9. The van der Waals surface area contributed by atoms with E-state index >= 15 is 0 Å². The van der Waals surface area contributed by atoms with E-state index in [0.29, 0.717) is 0 Å². The number of nitrogens with one attached hydrogen (secondary N) is 1. The van der Waals surface area contributed by atoms with Gasteiger partial charge in [0.25, 0.3) is 0 Å². The Hall–Kier alpha value is -1.42. The lowest BCUT2D eigenvalue weighted by Crippen LogP contribution is -2.06. The number of nitrogens with zero attached hydrogens (tertiary/aromatic N) is 2. The van der Waals surface area contributed by atoms with Crippen molar-refractivity contribution in [3.8, 4) is 0 Å². The molecule has 90 valence electrons. The molecule has 2 aromatic heterocycles. The van der Waals surface area contributed by atoms with Crippen LogP contribution in [0.5, 0.6) is 0 Å². The summed E-state index contributed by atoms with van der Waals surface area (Å²) in [5.41, 5.74) is 1.11. The summed E-state index contributed by atoms with van der Waals surface area (Å²) >= 11 is 1.80. The van der Waals surface area contributed by atoms with Gasteiger partial charge in [-0.25, -0.2) is 9.97 Å². The highest BCUT2D eigenvalue weighted by molar-refractivity contribution is 7.09. The van der Waals surface area contributed by atoms with Gasteiger partial charge in [-0.2, -0.15) is 0 Å². The molecule has 0 bridgehead atoms. The average Bonchev–Trinajstić information content (AvgIpc) is 2.83. The molecule has 17 heavy (non-hydrogen) atoms. The Morgan fingerprint density at radius 1 is 1.29 bits per heavy atom. The summed E-state index contributed by atoms with van der Waals surface area (Å²) in [4.78, 5) is 9.86. The Morgan fingerprint density at radius 2 is 2.24 bits per heavy atom. The van der Waals surface area contributed by atoms with Gasteiger partial charge in [0.15, 0.2) is 0 Å². The Bertz CT molecular complexity index is 440. The van der Waals surface area contributed by atoms with Gasteiger partial charge in [-0.3, -0.25) is 0 Å². The van der Waals surface area contributed by atoms with Crippen LogP contribution >= 0.6 is 11.3 Å². The first-order chi connectivity index (χ1) is 8.38. The van der Waals surface area contributed by atoms with Crippen molar-refractivity contribution >= 4 is 17.2 Å². The van der Waals surface area contributed by atoms with Gasteiger partial charge >= 0.3 is 0 Å². The first-order valence-corrected chi connectivity index (χ1v) is 6.83. The molecule has 0 saturated heterocycles. The van der Waals surface area contributed by atoms with Crippen LogP contribution in [0.15, 0.2) is 29.9 Å². The fourth-order valence-corrected chi connectivity index (χ4v) is 2.36. The number of hydrogen-bond acceptors (Lipinski definition) is 4. The van der Waals surface area contributed by atoms with Crippen LogP contribution < -0.4 is 5.32 Å². The van der Waals surface area contributed by atoms with Crippen molar-refractivity contribution in [2.75, 3.05) is 11.9 Å². The summed E-state index contributed by atoms with van der Waals surface area (Å²) in [5, 5.41) is 5.45. The topological polar surface area (TPSA) is 37.8 Å². The predicted molar refractivity (Wildman–Crippen MR) is 72.5 cm³/mol. The summed E-state index contributed by atoms with van der Waals surface area (Å²) in [5.74, 6) is 0.931. The minimum Gasteiger partial charge on any atom is -0.370 e. The van der Waals surface area contributed by atoms with E-state index in [1.165, 1.54) is 4.88 Å². The fourth-order valence-electron chi connectivity index (χ4n) is 1.66. The van der Waals surface area contributed by atoms with Gasteiger partial charge in [-0.1, -0.05) is 19.4 Å². The summed E-state index contributed by atoms with van der Waals surface area (Å²) in [6.45, 7) is 3.08. The highest BCUT2D eigenvalue weighted by atomic mass is 32.1. The van der Waals surface area contributed by atoms with Crippen molar-refractivity contribution in [3.63, 3.8) is 0 Å². The number of aromatic nitrogens is 2. The molecule has 0 fully saturated rings. The summed E-state index contributed by atoms with van der Waals surface area (Å²) in [6, 6.07) is 6.29. The second-order valence-electron chi connectivity index (χ2n) is 3.90. The smallest absolute Gasteiger partial charge is 0.129 e. The Kier molecular flexibility index (Phi) is 4.50. The highest BCUT2D eigenvalue weighted by Crippen LogP contribution is 2.10. The summed E-state index contributed by atoms with van der Waals surface area (Å²) < 4.78 is 0. The van der Waals surface area contributed by atoms with Crippen LogP contribution in [0.3, 0.4) is 0 Å². The minimum absolute atomic E-state index is 0.920. The van der Waals surface area contributed by atoms with E-state index in [9.17, 15) is 0 Å². The van der Waals surface area contributed by atoms with Crippen LogP contribution in [-0.4, -0.2) is 16.5 Å². The van der Waals surface area contributed by atoms with Crippen molar-refractivity contribution in [2.45, 2.75) is 26.2 Å². The van der Waals surface area contributed by atoms with Gasteiger partial charge in [0.1, 0.15) is 12.1 Å². The van der Waals surface area contributed by atoms with E-state index < -0.39 is 0 Å². The van der Waals surface area contributed by atoms with Gasteiger partial charge < -0.3 is 5.32 Å². The molecule has 0 saturated carbocycles. The lowest BCUT2D eigenvalue weighted by atomic mass is 10.2. The normalized spacial score (nSPS) is 10.4. The third kappa shape index (κ3) is 3.82. The predicted octanol–water partition coefficient (Wildman–Crippen LogP) is 3.15. The number of rotatable bonds is 6. The molecule has 0 aromatic carbocycles. The molecule has 0 aliphatic rings. The standard InChI is InChI=1S/C13H17N3S/c1-2-4-11-9-13(16-10-15-11)14-7-6-12-5-3-8-17-12/h3,5,8-10H,2,4,6-7H2,1H3,(H,14,15,16). The lowest BCUT2D eigenvalue weighted by Gasteiger charge is -2.05. The fraction of sp³-hybridized carbons (Fsp3) is 0.385. The number of aryl methyl sites for hydroxylation is 1. The average molecular weight is 247 g/mol. The molecule has 0 unspecified atom stereocenters. The lowest BCUT2D eigenvalue weighted by molar-refractivity contribution is 0.871. The molecule has 0 spiro atoms. The number of thiophene rings is 1.